The Balaban J connectivity index is 3.63. The van der Waals surface area contributed by atoms with Crippen LogP contribution in [0.4, 0.5) is 0 Å². The Morgan fingerprint density at radius 2 is 1.10 bits per heavy atom. The van der Waals surface area contributed by atoms with Crippen molar-refractivity contribution in [3.05, 3.63) is 0 Å². The quantitative estimate of drug-likeness (QED) is 0.171. The summed E-state index contributed by atoms with van der Waals surface area (Å²) in [4.78, 5) is 23.6. The molecule has 0 unspecified atom stereocenters. The molecule has 0 rings (SSSR count). The van der Waals surface area contributed by atoms with E-state index in [4.69, 9.17) is 14.2 Å². The summed E-state index contributed by atoms with van der Waals surface area (Å²) in [5, 5.41) is 0. The van der Waals surface area contributed by atoms with Crippen LogP contribution in [0.15, 0.2) is 0 Å². The van der Waals surface area contributed by atoms with Gasteiger partial charge in [0.25, 0.3) is 0 Å². The van der Waals surface area contributed by atoms with Gasteiger partial charge in [-0.3, -0.25) is 9.59 Å². The fraction of sp³-hybridized carbons (Fsp3) is 0.917. The van der Waals surface area contributed by atoms with Gasteiger partial charge in [-0.2, -0.15) is 0 Å². The van der Waals surface area contributed by atoms with Gasteiger partial charge in [0.15, 0.2) is 0 Å². The van der Waals surface area contributed by atoms with Gasteiger partial charge in [-0.05, 0) is 26.7 Å². The first-order chi connectivity index (χ1) is 14.0. The molecule has 0 aliphatic heterocycles. The number of carbonyl (C=O) groups excluding carboxylic acids is 2. The average Bonchev–Trinajstić information content (AvgIpc) is 2.70. The monoisotopic (exact) mass is 414 g/mol. The molecule has 0 aromatic carbocycles. The van der Waals surface area contributed by atoms with E-state index in [0.717, 1.165) is 25.7 Å². The third kappa shape index (κ3) is 20.0. The molecule has 0 aromatic heterocycles. The van der Waals surface area contributed by atoms with Crippen LogP contribution < -0.4 is 0 Å². The lowest BCUT2D eigenvalue weighted by molar-refractivity contribution is -0.154. The van der Waals surface area contributed by atoms with Crippen molar-refractivity contribution in [1.82, 2.24) is 0 Å². The largest absolute Gasteiger partial charge is 0.463 e. The number of ether oxygens (including phenoxy) is 3. The molecule has 0 saturated carbocycles. The Morgan fingerprint density at radius 3 is 1.66 bits per heavy atom. The van der Waals surface area contributed by atoms with Crippen molar-refractivity contribution in [2.75, 3.05) is 13.2 Å². The van der Waals surface area contributed by atoms with E-state index in [0.29, 0.717) is 19.4 Å². The van der Waals surface area contributed by atoms with Gasteiger partial charge in [-0.1, -0.05) is 78.1 Å². The molecule has 0 radical (unpaired) electrons. The first-order valence-corrected chi connectivity index (χ1v) is 12.0. The Bertz CT molecular complexity index is 397. The molecule has 2 atom stereocenters. The molecule has 172 valence electrons. The molecule has 5 heteroatoms. The highest BCUT2D eigenvalue weighted by Crippen LogP contribution is 2.09. The molecule has 0 amide bonds. The van der Waals surface area contributed by atoms with Gasteiger partial charge in [0.1, 0.15) is 12.7 Å². The molecular formula is C24H46O5. The van der Waals surface area contributed by atoms with Crippen molar-refractivity contribution < 1.29 is 23.8 Å². The van der Waals surface area contributed by atoms with E-state index in [1.54, 1.807) is 0 Å². The lowest BCUT2D eigenvalue weighted by Crippen LogP contribution is -2.26. The highest BCUT2D eigenvalue weighted by atomic mass is 16.6. The predicted molar refractivity (Wildman–Crippen MR) is 118 cm³/mol. The maximum absolute atomic E-state index is 11.8. The van der Waals surface area contributed by atoms with Crippen LogP contribution in [0.2, 0.25) is 0 Å². The lowest BCUT2D eigenvalue weighted by atomic mass is 10.1. The summed E-state index contributed by atoms with van der Waals surface area (Å²) in [6, 6.07) is 0. The summed E-state index contributed by atoms with van der Waals surface area (Å²) in [5.41, 5.74) is 0. The number of rotatable bonds is 20. The van der Waals surface area contributed by atoms with E-state index in [9.17, 15) is 9.59 Å². The molecule has 0 aromatic rings. The van der Waals surface area contributed by atoms with Crippen molar-refractivity contribution in [2.45, 2.75) is 130 Å². The summed E-state index contributed by atoms with van der Waals surface area (Å²) in [5.74, 6) is -0.316. The number of hydrogen-bond acceptors (Lipinski definition) is 5. The maximum atomic E-state index is 11.8. The van der Waals surface area contributed by atoms with E-state index in [-0.39, 0.29) is 30.8 Å². The van der Waals surface area contributed by atoms with Gasteiger partial charge in [0.05, 0.1) is 12.7 Å². The lowest BCUT2D eigenvalue weighted by Gasteiger charge is -2.18. The van der Waals surface area contributed by atoms with Crippen LogP contribution in [-0.2, 0) is 23.8 Å². The van der Waals surface area contributed by atoms with Crippen molar-refractivity contribution in [3.63, 3.8) is 0 Å². The summed E-state index contributed by atoms with van der Waals surface area (Å²) in [7, 11) is 0. The molecule has 0 aliphatic rings. The van der Waals surface area contributed by atoms with E-state index >= 15 is 0 Å². The second-order valence-electron chi connectivity index (χ2n) is 8.16. The third-order valence-electron chi connectivity index (χ3n) is 4.90. The zero-order valence-electron chi connectivity index (χ0n) is 19.5. The van der Waals surface area contributed by atoms with E-state index in [1.165, 1.54) is 51.4 Å². The van der Waals surface area contributed by atoms with Gasteiger partial charge in [-0.15, -0.1) is 0 Å². The van der Waals surface area contributed by atoms with Crippen molar-refractivity contribution in [2.24, 2.45) is 0 Å². The SMILES string of the molecule is CCCCCCCCC(=O)OC[C@H](C)OC[C@@H](C)OC(=O)CCCCCCCC. The average molecular weight is 415 g/mol. The second kappa shape index (κ2) is 20.2. The summed E-state index contributed by atoms with van der Waals surface area (Å²) in [6.07, 6.45) is 14.3. The first-order valence-electron chi connectivity index (χ1n) is 12.0. The van der Waals surface area contributed by atoms with Gasteiger partial charge < -0.3 is 14.2 Å². The molecule has 0 bridgehead atoms. The Morgan fingerprint density at radius 1 is 0.621 bits per heavy atom. The fourth-order valence-electron chi connectivity index (χ4n) is 3.05. The topological polar surface area (TPSA) is 61.8 Å². The van der Waals surface area contributed by atoms with Crippen molar-refractivity contribution >= 4 is 11.9 Å². The van der Waals surface area contributed by atoms with E-state index < -0.39 is 0 Å². The number of carbonyl (C=O) groups is 2. The van der Waals surface area contributed by atoms with Gasteiger partial charge in [-0.25, -0.2) is 0 Å². The minimum absolute atomic E-state index is 0.158. The smallest absolute Gasteiger partial charge is 0.306 e. The van der Waals surface area contributed by atoms with Gasteiger partial charge in [0.2, 0.25) is 0 Å². The molecule has 29 heavy (non-hydrogen) atoms. The van der Waals surface area contributed by atoms with Crippen LogP contribution in [0.1, 0.15) is 118 Å². The van der Waals surface area contributed by atoms with Crippen LogP contribution in [0.5, 0.6) is 0 Å². The number of unbranched alkanes of at least 4 members (excludes halogenated alkanes) is 10. The standard InChI is InChI=1S/C24H46O5/c1-5-7-9-11-13-15-17-23(25)28-19-21(3)27-20-22(4)29-24(26)18-16-14-12-10-8-6-2/h21-22H,5-20H2,1-4H3/t21-,22+/m0/s1. The van der Waals surface area contributed by atoms with E-state index in [2.05, 4.69) is 13.8 Å². The van der Waals surface area contributed by atoms with Crippen LogP contribution in [0.25, 0.3) is 0 Å². The molecule has 0 fully saturated rings. The highest BCUT2D eigenvalue weighted by Gasteiger charge is 2.13. The van der Waals surface area contributed by atoms with Crippen LogP contribution in [-0.4, -0.2) is 37.4 Å². The minimum atomic E-state index is -0.288. The molecule has 0 spiro atoms. The molecule has 0 heterocycles. The summed E-state index contributed by atoms with van der Waals surface area (Å²) >= 11 is 0. The van der Waals surface area contributed by atoms with Crippen LogP contribution >= 0.6 is 0 Å². The highest BCUT2D eigenvalue weighted by molar-refractivity contribution is 5.69. The zero-order chi connectivity index (χ0) is 21.7. The van der Waals surface area contributed by atoms with Crippen LogP contribution in [0, 0.1) is 0 Å². The molecule has 0 aliphatic carbocycles. The second-order valence-corrected chi connectivity index (χ2v) is 8.16. The molecule has 5 nitrogen and oxygen atoms in total. The number of esters is 2. The fourth-order valence-corrected chi connectivity index (χ4v) is 3.05. The van der Waals surface area contributed by atoms with E-state index in [1.807, 2.05) is 13.8 Å². The summed E-state index contributed by atoms with van der Waals surface area (Å²) in [6.45, 7) is 8.65. The third-order valence-corrected chi connectivity index (χ3v) is 4.90. The Kier molecular flexibility index (Phi) is 19.4. The van der Waals surface area contributed by atoms with Crippen molar-refractivity contribution in [1.29, 1.82) is 0 Å². The van der Waals surface area contributed by atoms with Crippen LogP contribution in [0.3, 0.4) is 0 Å². The first kappa shape index (κ1) is 27.9. The van der Waals surface area contributed by atoms with Crippen molar-refractivity contribution in [3.8, 4) is 0 Å². The van der Waals surface area contributed by atoms with Gasteiger partial charge >= 0.3 is 11.9 Å². The maximum Gasteiger partial charge on any atom is 0.306 e. The summed E-state index contributed by atoms with van der Waals surface area (Å²) < 4.78 is 16.3. The van der Waals surface area contributed by atoms with Gasteiger partial charge in [0, 0.05) is 12.8 Å². The zero-order valence-corrected chi connectivity index (χ0v) is 19.5. The molecule has 0 saturated heterocycles. The Labute approximate surface area is 179 Å². The normalized spacial score (nSPS) is 13.1. The number of hydrogen-bond donors (Lipinski definition) is 0. The Hall–Kier alpha value is -1.10. The predicted octanol–water partition coefficient (Wildman–Crippen LogP) is 6.37. The molecular weight excluding hydrogens is 368 g/mol. The minimum Gasteiger partial charge on any atom is -0.463 e. The molecule has 0 N–H and O–H groups in total.